The molecule has 1 N–H and O–H groups in total. The zero-order chi connectivity index (χ0) is 21.1. The molecule has 1 aliphatic rings. The van der Waals surface area contributed by atoms with E-state index in [1.54, 1.807) is 36.4 Å². The summed E-state index contributed by atoms with van der Waals surface area (Å²) < 4.78 is 11.0. The second kappa shape index (κ2) is 8.89. The predicted molar refractivity (Wildman–Crippen MR) is 114 cm³/mol. The number of carbonyl (C=O) groups is 3. The van der Waals surface area contributed by atoms with E-state index >= 15 is 0 Å². The van der Waals surface area contributed by atoms with Gasteiger partial charge in [0.25, 0.3) is 11.1 Å². The van der Waals surface area contributed by atoms with Crippen molar-refractivity contribution in [2.24, 2.45) is 0 Å². The summed E-state index contributed by atoms with van der Waals surface area (Å²) in [5.74, 6) is -1.06. The number of halogens is 2. The molecule has 2 aromatic carbocycles. The summed E-state index contributed by atoms with van der Waals surface area (Å²) in [5, 5.41) is 8.84. The number of aliphatic carboxylic acids is 1. The van der Waals surface area contributed by atoms with E-state index in [9.17, 15) is 14.4 Å². The van der Waals surface area contributed by atoms with Crippen LogP contribution in [0.1, 0.15) is 5.56 Å². The minimum Gasteiger partial charge on any atom is -0.493 e. The van der Waals surface area contributed by atoms with Crippen LogP contribution in [-0.4, -0.2) is 35.9 Å². The number of ether oxygens (including phenoxy) is 2. The van der Waals surface area contributed by atoms with Crippen molar-refractivity contribution < 1.29 is 29.0 Å². The molecule has 0 atom stereocenters. The van der Waals surface area contributed by atoms with Gasteiger partial charge in [-0.3, -0.25) is 9.59 Å². The van der Waals surface area contributed by atoms with Crippen LogP contribution in [0.4, 0.5) is 10.5 Å². The van der Waals surface area contributed by atoms with E-state index in [0.717, 1.165) is 16.7 Å². The highest BCUT2D eigenvalue weighted by Gasteiger charge is 2.36. The Kier molecular flexibility index (Phi) is 6.51. The lowest BCUT2D eigenvalue weighted by Gasteiger charge is -2.13. The highest BCUT2D eigenvalue weighted by Crippen LogP contribution is 2.39. The number of anilines is 1. The molecule has 1 fully saturated rings. The predicted octanol–water partition coefficient (Wildman–Crippen LogP) is 4.82. The summed E-state index contributed by atoms with van der Waals surface area (Å²) in [7, 11) is 1.41. The third-order valence-electron chi connectivity index (χ3n) is 3.80. The lowest BCUT2D eigenvalue weighted by Crippen LogP contribution is -2.27. The monoisotopic (exact) mass is 497 g/mol. The number of methoxy groups -OCH3 is 1. The summed E-state index contributed by atoms with van der Waals surface area (Å²) in [5.41, 5.74) is 0.987. The molecular formula is C19H13BrClNO6S. The first-order chi connectivity index (χ1) is 13.8. The number of carbonyl (C=O) groups excluding carboxylic acids is 2. The van der Waals surface area contributed by atoms with Gasteiger partial charge in [-0.2, -0.15) is 0 Å². The Labute approximate surface area is 183 Å². The maximum atomic E-state index is 12.8. The number of hydrogen-bond donors (Lipinski definition) is 1. The summed E-state index contributed by atoms with van der Waals surface area (Å²) in [6.45, 7) is -0.526. The summed E-state index contributed by atoms with van der Waals surface area (Å²) in [6, 6.07) is 9.50. The molecule has 10 heteroatoms. The Morgan fingerprint density at radius 2 is 1.93 bits per heavy atom. The Morgan fingerprint density at radius 3 is 2.55 bits per heavy atom. The van der Waals surface area contributed by atoms with Gasteiger partial charge in [0.15, 0.2) is 18.1 Å². The van der Waals surface area contributed by atoms with Crippen LogP contribution >= 0.6 is 39.3 Å². The molecular weight excluding hydrogens is 486 g/mol. The third-order valence-corrected chi connectivity index (χ3v) is 5.61. The third kappa shape index (κ3) is 4.75. The molecule has 29 heavy (non-hydrogen) atoms. The first kappa shape index (κ1) is 21.2. The molecule has 1 heterocycles. The molecule has 0 aliphatic carbocycles. The zero-order valence-electron chi connectivity index (χ0n) is 14.8. The van der Waals surface area contributed by atoms with Crippen molar-refractivity contribution in [3.63, 3.8) is 0 Å². The SMILES string of the molecule is COc1cc(/C=C2\SC(=O)N(c3ccc(Cl)cc3)C2=O)c(Br)cc1OCC(=O)O. The zero-order valence-corrected chi connectivity index (χ0v) is 18.0. The molecule has 3 rings (SSSR count). The summed E-state index contributed by atoms with van der Waals surface area (Å²) in [4.78, 5) is 37.1. The van der Waals surface area contributed by atoms with Crippen LogP contribution < -0.4 is 14.4 Å². The van der Waals surface area contributed by atoms with Gasteiger partial charge in [-0.25, -0.2) is 9.69 Å². The van der Waals surface area contributed by atoms with Gasteiger partial charge >= 0.3 is 5.97 Å². The Balaban J connectivity index is 1.91. The second-order valence-electron chi connectivity index (χ2n) is 5.70. The molecule has 0 saturated carbocycles. The molecule has 1 aliphatic heterocycles. The number of hydrogen-bond acceptors (Lipinski definition) is 6. The standard InChI is InChI=1S/C19H13BrClNO6S/c1-27-14-6-10(13(20)8-15(14)28-9-17(23)24)7-16-18(25)22(19(26)29-16)12-4-2-11(21)3-5-12/h2-8H,9H2,1H3,(H,23,24)/b16-7-. The molecule has 2 aromatic rings. The van der Waals surface area contributed by atoms with E-state index in [-0.39, 0.29) is 16.4 Å². The van der Waals surface area contributed by atoms with Gasteiger partial charge in [0.2, 0.25) is 0 Å². The molecule has 0 unspecified atom stereocenters. The van der Waals surface area contributed by atoms with Crippen molar-refractivity contribution in [1.29, 1.82) is 0 Å². The van der Waals surface area contributed by atoms with Crippen molar-refractivity contribution in [3.8, 4) is 11.5 Å². The lowest BCUT2D eigenvalue weighted by atomic mass is 10.1. The van der Waals surface area contributed by atoms with Crippen molar-refractivity contribution in [2.45, 2.75) is 0 Å². The van der Waals surface area contributed by atoms with Crippen LogP contribution in [0.5, 0.6) is 11.5 Å². The minimum atomic E-state index is -1.12. The van der Waals surface area contributed by atoms with Gasteiger partial charge in [0.1, 0.15) is 0 Å². The Morgan fingerprint density at radius 1 is 1.24 bits per heavy atom. The molecule has 0 aromatic heterocycles. The first-order valence-corrected chi connectivity index (χ1v) is 10.0. The van der Waals surface area contributed by atoms with Crippen LogP contribution in [0, 0.1) is 0 Å². The van der Waals surface area contributed by atoms with Gasteiger partial charge < -0.3 is 14.6 Å². The number of amides is 2. The van der Waals surface area contributed by atoms with E-state index in [1.807, 2.05) is 0 Å². The van der Waals surface area contributed by atoms with E-state index < -0.39 is 23.7 Å². The van der Waals surface area contributed by atoms with Gasteiger partial charge in [0, 0.05) is 9.50 Å². The molecule has 0 bridgehead atoms. The number of carboxylic acid groups (broad SMARTS) is 1. The molecule has 150 valence electrons. The normalized spacial score (nSPS) is 15.1. The number of nitrogens with zero attached hydrogens (tertiary/aromatic N) is 1. The van der Waals surface area contributed by atoms with E-state index in [1.165, 1.54) is 13.2 Å². The smallest absolute Gasteiger partial charge is 0.341 e. The average Bonchev–Trinajstić information content (AvgIpc) is 2.95. The molecule has 0 radical (unpaired) electrons. The largest absolute Gasteiger partial charge is 0.493 e. The molecule has 0 spiro atoms. The fraction of sp³-hybridized carbons (Fsp3) is 0.105. The van der Waals surface area contributed by atoms with Crippen LogP contribution in [0.15, 0.2) is 45.8 Å². The fourth-order valence-corrected chi connectivity index (χ4v) is 3.89. The highest BCUT2D eigenvalue weighted by atomic mass is 79.9. The number of thioether (sulfide) groups is 1. The van der Waals surface area contributed by atoms with E-state index in [0.29, 0.717) is 20.7 Å². The van der Waals surface area contributed by atoms with Crippen LogP contribution in [0.2, 0.25) is 5.02 Å². The Hall–Kier alpha value is -2.49. The Bertz CT molecular complexity index is 1020. The van der Waals surface area contributed by atoms with Crippen LogP contribution in [0.25, 0.3) is 6.08 Å². The number of carboxylic acids is 1. The number of benzene rings is 2. The fourth-order valence-electron chi connectivity index (χ4n) is 2.50. The van der Waals surface area contributed by atoms with Gasteiger partial charge in [0.05, 0.1) is 17.7 Å². The maximum Gasteiger partial charge on any atom is 0.341 e. The number of imide groups is 1. The summed E-state index contributed by atoms with van der Waals surface area (Å²) >= 11 is 10.0. The molecule has 2 amide bonds. The van der Waals surface area contributed by atoms with Crippen molar-refractivity contribution >= 4 is 68.2 Å². The van der Waals surface area contributed by atoms with Crippen molar-refractivity contribution in [3.05, 3.63) is 56.4 Å². The van der Waals surface area contributed by atoms with Crippen molar-refractivity contribution in [1.82, 2.24) is 0 Å². The van der Waals surface area contributed by atoms with Gasteiger partial charge in [-0.05, 0) is 59.8 Å². The second-order valence-corrected chi connectivity index (χ2v) is 7.98. The maximum absolute atomic E-state index is 12.8. The first-order valence-electron chi connectivity index (χ1n) is 8.06. The average molecular weight is 499 g/mol. The van der Waals surface area contributed by atoms with Gasteiger partial charge in [-0.15, -0.1) is 0 Å². The van der Waals surface area contributed by atoms with Crippen LogP contribution in [0.3, 0.4) is 0 Å². The van der Waals surface area contributed by atoms with E-state index in [4.69, 9.17) is 26.2 Å². The van der Waals surface area contributed by atoms with E-state index in [2.05, 4.69) is 15.9 Å². The van der Waals surface area contributed by atoms with Gasteiger partial charge in [-0.1, -0.05) is 27.5 Å². The quantitative estimate of drug-likeness (QED) is 0.571. The lowest BCUT2D eigenvalue weighted by molar-refractivity contribution is -0.139. The van der Waals surface area contributed by atoms with Crippen molar-refractivity contribution in [2.75, 3.05) is 18.6 Å². The highest BCUT2D eigenvalue weighted by molar-refractivity contribution is 9.10. The summed E-state index contributed by atoms with van der Waals surface area (Å²) in [6.07, 6.45) is 1.55. The van der Waals surface area contributed by atoms with Crippen LogP contribution in [-0.2, 0) is 9.59 Å². The minimum absolute atomic E-state index is 0.229. The molecule has 1 saturated heterocycles. The topological polar surface area (TPSA) is 93.1 Å². The number of rotatable bonds is 6. The molecule has 7 nitrogen and oxygen atoms in total.